The average Bonchev–Trinajstić information content (AvgIpc) is 2.33. The molecule has 0 fully saturated rings. The third-order valence-electron chi connectivity index (χ3n) is 3.18. The van der Waals surface area contributed by atoms with Gasteiger partial charge in [0.15, 0.2) is 0 Å². The predicted octanol–water partition coefficient (Wildman–Crippen LogP) is 5.86. The summed E-state index contributed by atoms with van der Waals surface area (Å²) in [6.07, 6.45) is 4.39. The normalized spacial score (nSPS) is 14.5. The van der Waals surface area contributed by atoms with Crippen LogP contribution >= 0.6 is 15.9 Å². The van der Waals surface area contributed by atoms with Crippen molar-refractivity contribution in [3.63, 3.8) is 0 Å². The molecular formula is C17H24BrOSi2+. The zero-order valence-electron chi connectivity index (χ0n) is 13.8. The molecule has 0 bridgehead atoms. The third-order valence-corrected chi connectivity index (χ3v) is 8.30. The van der Waals surface area contributed by atoms with E-state index in [1.165, 1.54) is 5.20 Å². The van der Waals surface area contributed by atoms with Crippen LogP contribution in [0.1, 0.15) is 5.56 Å². The molecule has 0 aliphatic heterocycles. The fourth-order valence-corrected chi connectivity index (χ4v) is 9.66. The standard InChI is InChI=1S/C17H24BrOSi2/c1-20(2,3)16(13-19)17(21(4,5)6)15(18)12-14-10-8-7-9-11-14/h7-12H,1-6H3/q+1/b15-12-,17-16+. The third kappa shape index (κ3) is 5.24. The van der Waals surface area contributed by atoms with E-state index in [0.29, 0.717) is 0 Å². The van der Waals surface area contributed by atoms with Gasteiger partial charge in [-0.1, -0.05) is 0 Å². The molecule has 0 saturated carbocycles. The van der Waals surface area contributed by atoms with Crippen LogP contribution in [0.5, 0.6) is 0 Å². The summed E-state index contributed by atoms with van der Waals surface area (Å²) in [7, 11) is -3.38. The Morgan fingerprint density at radius 3 is 1.90 bits per heavy atom. The quantitative estimate of drug-likeness (QED) is 0.354. The Morgan fingerprint density at radius 2 is 1.52 bits per heavy atom. The molecule has 0 radical (unpaired) electrons. The van der Waals surface area contributed by atoms with Gasteiger partial charge in [0.2, 0.25) is 0 Å². The molecule has 1 aromatic rings. The molecule has 0 aliphatic rings. The second-order valence-corrected chi connectivity index (χ2v) is 18.1. The minimum atomic E-state index is -1.72. The summed E-state index contributed by atoms with van der Waals surface area (Å²) in [5.41, 5.74) is 1.14. The number of rotatable bonds is 4. The molecular weight excluding hydrogens is 356 g/mol. The number of halogens is 1. The van der Waals surface area contributed by atoms with Crippen LogP contribution in [0.4, 0.5) is 0 Å². The van der Waals surface area contributed by atoms with Gasteiger partial charge >= 0.3 is 139 Å². The molecule has 0 amide bonds. The Bertz CT molecular complexity index is 596. The van der Waals surface area contributed by atoms with Crippen molar-refractivity contribution in [1.82, 2.24) is 0 Å². The van der Waals surface area contributed by atoms with Crippen LogP contribution in [0.15, 0.2) is 45.2 Å². The van der Waals surface area contributed by atoms with Gasteiger partial charge < -0.3 is 0 Å². The number of hydrogen-bond acceptors (Lipinski definition) is 0. The van der Waals surface area contributed by atoms with Crippen LogP contribution in [0, 0.1) is 6.15 Å². The summed E-state index contributed by atoms with van der Waals surface area (Å²) in [6, 6.07) is 10.2. The van der Waals surface area contributed by atoms with Gasteiger partial charge in [0.05, 0.1) is 0 Å². The average molecular weight is 380 g/mol. The van der Waals surface area contributed by atoms with Crippen molar-refractivity contribution in [3.05, 3.63) is 50.8 Å². The predicted molar refractivity (Wildman–Crippen MR) is 102 cm³/mol. The van der Waals surface area contributed by atoms with E-state index in [2.05, 4.69) is 79.6 Å². The van der Waals surface area contributed by atoms with E-state index in [4.69, 9.17) is 0 Å². The second-order valence-electron chi connectivity index (χ2n) is 7.26. The molecule has 0 saturated heterocycles. The maximum absolute atomic E-state index is 11.6. The molecule has 112 valence electrons. The Kier molecular flexibility index (Phi) is 6.20. The van der Waals surface area contributed by atoms with Crippen molar-refractivity contribution in [2.24, 2.45) is 0 Å². The summed E-state index contributed by atoms with van der Waals surface area (Å²) in [5.74, 6) is 0. The molecule has 0 N–H and O–H groups in total. The number of allylic oxidation sites excluding steroid dienone is 3. The van der Waals surface area contributed by atoms with Crippen molar-refractivity contribution in [1.29, 1.82) is 0 Å². The molecule has 1 aromatic carbocycles. The summed E-state index contributed by atoms with van der Waals surface area (Å²) in [6.45, 7) is 13.4. The first-order valence-electron chi connectivity index (χ1n) is 7.13. The van der Waals surface area contributed by atoms with Gasteiger partial charge in [-0.2, -0.15) is 0 Å². The van der Waals surface area contributed by atoms with Gasteiger partial charge in [-0.25, -0.2) is 0 Å². The van der Waals surface area contributed by atoms with Gasteiger partial charge in [0.1, 0.15) is 0 Å². The number of hydrogen-bond donors (Lipinski definition) is 0. The summed E-state index contributed by atoms with van der Waals surface area (Å²) in [4.78, 5) is 0. The van der Waals surface area contributed by atoms with Crippen LogP contribution in [0.25, 0.3) is 6.08 Å². The summed E-state index contributed by atoms with van der Waals surface area (Å²) in [5, 5.41) is 2.13. The maximum atomic E-state index is 11.6. The Balaban J connectivity index is 3.52. The van der Waals surface area contributed by atoms with Crippen molar-refractivity contribution in [3.8, 4) is 6.15 Å². The SMILES string of the molecule is C[Si](C)(C)/C(C#[O+])=C(\C(Br)=C\c1ccccc1)[Si](C)(C)C. The first-order valence-corrected chi connectivity index (χ1v) is 14.9. The zero-order valence-corrected chi connectivity index (χ0v) is 17.3. The van der Waals surface area contributed by atoms with Crippen LogP contribution in [0.2, 0.25) is 39.3 Å². The fourth-order valence-electron chi connectivity index (χ4n) is 2.20. The molecule has 1 nitrogen and oxygen atoms in total. The molecule has 0 aromatic heterocycles. The fraction of sp³-hybridized carbons (Fsp3) is 0.353. The first-order chi connectivity index (χ1) is 9.57. The Labute approximate surface area is 139 Å². The molecule has 21 heavy (non-hydrogen) atoms. The van der Waals surface area contributed by atoms with E-state index >= 15 is 0 Å². The van der Waals surface area contributed by atoms with E-state index in [-0.39, 0.29) is 0 Å². The molecule has 1 rings (SSSR count). The molecule has 0 spiro atoms. The Hall–Kier alpha value is -0.646. The number of benzene rings is 1. The first kappa shape index (κ1) is 18.4. The van der Waals surface area contributed by atoms with Gasteiger partial charge in [0, 0.05) is 0 Å². The van der Waals surface area contributed by atoms with Crippen LogP contribution in [0.3, 0.4) is 0 Å². The molecule has 0 heterocycles. The van der Waals surface area contributed by atoms with E-state index in [0.717, 1.165) is 15.2 Å². The van der Waals surface area contributed by atoms with E-state index in [9.17, 15) is 4.65 Å². The van der Waals surface area contributed by atoms with Crippen molar-refractivity contribution >= 4 is 38.2 Å². The summed E-state index contributed by atoms with van der Waals surface area (Å²) < 4.78 is 12.7. The van der Waals surface area contributed by atoms with E-state index in [1.807, 2.05) is 18.2 Å². The van der Waals surface area contributed by atoms with E-state index in [1.54, 1.807) is 0 Å². The van der Waals surface area contributed by atoms with Crippen LogP contribution < -0.4 is 0 Å². The van der Waals surface area contributed by atoms with Crippen molar-refractivity contribution in [2.75, 3.05) is 0 Å². The second kappa shape index (κ2) is 7.08. The van der Waals surface area contributed by atoms with Crippen molar-refractivity contribution in [2.45, 2.75) is 39.3 Å². The van der Waals surface area contributed by atoms with Crippen LogP contribution in [-0.4, -0.2) is 16.1 Å². The molecule has 0 unspecified atom stereocenters. The summed E-state index contributed by atoms with van der Waals surface area (Å²) >= 11 is 3.73. The van der Waals surface area contributed by atoms with Gasteiger partial charge in [-0.05, 0) is 0 Å². The topological polar surface area (TPSA) is 19.9 Å². The van der Waals surface area contributed by atoms with Crippen LogP contribution in [-0.2, 0) is 4.65 Å². The molecule has 4 heteroatoms. The van der Waals surface area contributed by atoms with Gasteiger partial charge in [-0.3, -0.25) is 0 Å². The van der Waals surface area contributed by atoms with E-state index < -0.39 is 16.1 Å². The monoisotopic (exact) mass is 379 g/mol. The molecule has 0 aliphatic carbocycles. The van der Waals surface area contributed by atoms with Gasteiger partial charge in [-0.15, -0.1) is 0 Å². The van der Waals surface area contributed by atoms with Crippen molar-refractivity contribution < 1.29 is 4.65 Å². The molecule has 0 atom stereocenters. The Morgan fingerprint density at radius 1 is 1.00 bits per heavy atom. The minimum absolute atomic E-state index is 0.917. The zero-order chi connectivity index (χ0) is 16.3. The van der Waals surface area contributed by atoms with Gasteiger partial charge in [0.25, 0.3) is 0 Å².